The van der Waals surface area contributed by atoms with E-state index in [0.717, 1.165) is 0 Å². The van der Waals surface area contributed by atoms with Crippen LogP contribution >= 0.6 is 11.6 Å². The van der Waals surface area contributed by atoms with Crippen LogP contribution in [0.2, 0.25) is 5.15 Å². The lowest BCUT2D eigenvalue weighted by Crippen LogP contribution is -2.18. The molecular formula is C10H13ClN2O2. The van der Waals surface area contributed by atoms with E-state index >= 15 is 0 Å². The number of carbonyl (C=O) groups excluding carboxylic acids is 1. The summed E-state index contributed by atoms with van der Waals surface area (Å²) >= 11 is 5.61. The van der Waals surface area contributed by atoms with Gasteiger partial charge in [0.05, 0.1) is 12.8 Å². The average molecular weight is 229 g/mol. The molecule has 1 rings (SSSR count). The fraction of sp³-hybridized carbons (Fsp3) is 0.400. The van der Waals surface area contributed by atoms with E-state index in [2.05, 4.69) is 10.3 Å². The molecule has 0 radical (unpaired) electrons. The number of aromatic nitrogens is 1. The minimum absolute atomic E-state index is 0.0211. The van der Waals surface area contributed by atoms with Crippen LogP contribution in [0.15, 0.2) is 18.3 Å². The van der Waals surface area contributed by atoms with Crippen molar-refractivity contribution in [3.8, 4) is 5.75 Å². The van der Waals surface area contributed by atoms with Crippen molar-refractivity contribution in [1.82, 2.24) is 10.3 Å². The molecule has 5 heteroatoms. The Kier molecular flexibility index (Phi) is 4.90. The summed E-state index contributed by atoms with van der Waals surface area (Å²) in [5.74, 6) is 0.684. The molecule has 1 heterocycles. The Morgan fingerprint density at radius 2 is 2.40 bits per heavy atom. The molecule has 0 spiro atoms. The summed E-state index contributed by atoms with van der Waals surface area (Å²) in [5, 5.41) is 2.98. The summed E-state index contributed by atoms with van der Waals surface area (Å²) in [5.41, 5.74) is 0. The molecule has 1 aromatic rings. The molecule has 1 N–H and O–H groups in total. The topological polar surface area (TPSA) is 51.2 Å². The van der Waals surface area contributed by atoms with Gasteiger partial charge in [-0.05, 0) is 18.6 Å². The van der Waals surface area contributed by atoms with E-state index in [1.807, 2.05) is 0 Å². The summed E-state index contributed by atoms with van der Waals surface area (Å²) in [6, 6.07) is 3.41. The standard InChI is InChI=1S/C10H13ClN2O2/c1-12-10(14)3-2-6-15-8-4-5-9(11)13-7-8/h4-5,7H,2-3,6H2,1H3,(H,12,14). The molecule has 15 heavy (non-hydrogen) atoms. The van der Waals surface area contributed by atoms with E-state index in [-0.39, 0.29) is 5.91 Å². The predicted octanol–water partition coefficient (Wildman–Crippen LogP) is 1.64. The van der Waals surface area contributed by atoms with E-state index in [4.69, 9.17) is 16.3 Å². The molecule has 0 saturated carbocycles. The molecule has 4 nitrogen and oxygen atoms in total. The van der Waals surface area contributed by atoms with Crippen LogP contribution in [-0.4, -0.2) is 24.5 Å². The van der Waals surface area contributed by atoms with Crippen LogP contribution in [0.4, 0.5) is 0 Å². The zero-order chi connectivity index (χ0) is 11.1. The molecule has 82 valence electrons. The first-order chi connectivity index (χ1) is 7.22. The number of hydrogen-bond acceptors (Lipinski definition) is 3. The number of pyridine rings is 1. The highest BCUT2D eigenvalue weighted by molar-refractivity contribution is 6.29. The van der Waals surface area contributed by atoms with Gasteiger partial charge in [-0.15, -0.1) is 0 Å². The van der Waals surface area contributed by atoms with Crippen LogP contribution in [-0.2, 0) is 4.79 Å². The second-order valence-electron chi connectivity index (χ2n) is 2.94. The summed E-state index contributed by atoms with van der Waals surface area (Å²) in [6.07, 6.45) is 2.71. The van der Waals surface area contributed by atoms with Gasteiger partial charge in [0.1, 0.15) is 10.9 Å². The van der Waals surface area contributed by atoms with Crippen LogP contribution in [0.5, 0.6) is 5.75 Å². The summed E-state index contributed by atoms with van der Waals surface area (Å²) in [7, 11) is 1.62. The van der Waals surface area contributed by atoms with E-state index in [1.165, 1.54) is 0 Å². The number of carbonyl (C=O) groups is 1. The largest absolute Gasteiger partial charge is 0.492 e. The van der Waals surface area contributed by atoms with Crippen molar-refractivity contribution in [2.75, 3.05) is 13.7 Å². The van der Waals surface area contributed by atoms with Crippen molar-refractivity contribution >= 4 is 17.5 Å². The Morgan fingerprint density at radius 3 is 3.00 bits per heavy atom. The molecule has 1 amide bonds. The van der Waals surface area contributed by atoms with E-state index in [0.29, 0.717) is 30.4 Å². The molecule has 0 aliphatic carbocycles. The van der Waals surface area contributed by atoms with Gasteiger partial charge in [-0.2, -0.15) is 0 Å². The predicted molar refractivity (Wildman–Crippen MR) is 58.0 cm³/mol. The van der Waals surface area contributed by atoms with Crippen LogP contribution in [0.3, 0.4) is 0 Å². The van der Waals surface area contributed by atoms with Gasteiger partial charge in [-0.1, -0.05) is 11.6 Å². The Morgan fingerprint density at radius 1 is 1.60 bits per heavy atom. The van der Waals surface area contributed by atoms with Crippen molar-refractivity contribution in [3.05, 3.63) is 23.5 Å². The molecule has 0 aliphatic heterocycles. The zero-order valence-corrected chi connectivity index (χ0v) is 9.25. The molecule has 0 saturated heterocycles. The number of amides is 1. The van der Waals surface area contributed by atoms with Gasteiger partial charge in [-0.25, -0.2) is 4.98 Å². The number of nitrogens with one attached hydrogen (secondary N) is 1. The molecular weight excluding hydrogens is 216 g/mol. The Hall–Kier alpha value is -1.29. The number of hydrogen-bond donors (Lipinski definition) is 1. The molecule has 0 bridgehead atoms. The third-order valence-electron chi connectivity index (χ3n) is 1.80. The number of ether oxygens (including phenoxy) is 1. The summed E-state index contributed by atoms with van der Waals surface area (Å²) in [4.78, 5) is 14.7. The van der Waals surface area contributed by atoms with E-state index in [9.17, 15) is 4.79 Å². The fourth-order valence-electron chi connectivity index (χ4n) is 0.995. The molecule has 0 atom stereocenters. The van der Waals surface area contributed by atoms with Gasteiger partial charge in [0.2, 0.25) is 5.91 Å². The fourth-order valence-corrected chi connectivity index (χ4v) is 1.11. The lowest BCUT2D eigenvalue weighted by molar-refractivity contribution is -0.120. The molecule has 0 unspecified atom stereocenters. The molecule has 0 aromatic carbocycles. The Labute approximate surface area is 93.6 Å². The normalized spacial score (nSPS) is 9.73. The van der Waals surface area contributed by atoms with Crippen LogP contribution in [0, 0.1) is 0 Å². The Bertz CT molecular complexity index is 314. The van der Waals surface area contributed by atoms with E-state index in [1.54, 1.807) is 25.4 Å². The van der Waals surface area contributed by atoms with E-state index < -0.39 is 0 Å². The Balaban J connectivity index is 2.20. The van der Waals surface area contributed by atoms with Gasteiger partial charge in [0, 0.05) is 13.5 Å². The second kappa shape index (κ2) is 6.24. The van der Waals surface area contributed by atoms with Gasteiger partial charge < -0.3 is 10.1 Å². The third-order valence-corrected chi connectivity index (χ3v) is 2.02. The van der Waals surface area contributed by atoms with Gasteiger partial charge in [0.15, 0.2) is 0 Å². The first kappa shape index (κ1) is 11.8. The maximum absolute atomic E-state index is 10.9. The van der Waals surface area contributed by atoms with Gasteiger partial charge >= 0.3 is 0 Å². The maximum Gasteiger partial charge on any atom is 0.219 e. The monoisotopic (exact) mass is 228 g/mol. The first-order valence-electron chi connectivity index (χ1n) is 4.67. The highest BCUT2D eigenvalue weighted by atomic mass is 35.5. The van der Waals surface area contributed by atoms with Crippen molar-refractivity contribution in [2.24, 2.45) is 0 Å². The van der Waals surface area contributed by atoms with Crippen molar-refractivity contribution in [3.63, 3.8) is 0 Å². The van der Waals surface area contributed by atoms with Crippen molar-refractivity contribution in [1.29, 1.82) is 0 Å². The lowest BCUT2D eigenvalue weighted by Gasteiger charge is -2.04. The smallest absolute Gasteiger partial charge is 0.219 e. The van der Waals surface area contributed by atoms with Crippen LogP contribution in [0.25, 0.3) is 0 Å². The van der Waals surface area contributed by atoms with Crippen LogP contribution in [0.1, 0.15) is 12.8 Å². The second-order valence-corrected chi connectivity index (χ2v) is 3.33. The molecule has 0 aliphatic rings. The lowest BCUT2D eigenvalue weighted by atomic mass is 10.3. The summed E-state index contributed by atoms with van der Waals surface area (Å²) < 4.78 is 5.35. The average Bonchev–Trinajstić information content (AvgIpc) is 2.26. The molecule has 0 fully saturated rings. The summed E-state index contributed by atoms with van der Waals surface area (Å²) in [6.45, 7) is 0.497. The number of nitrogens with zero attached hydrogens (tertiary/aromatic N) is 1. The number of rotatable bonds is 5. The highest BCUT2D eigenvalue weighted by Gasteiger charge is 1.98. The minimum Gasteiger partial charge on any atom is -0.492 e. The minimum atomic E-state index is 0.0211. The van der Waals surface area contributed by atoms with Crippen LogP contribution < -0.4 is 10.1 Å². The zero-order valence-electron chi connectivity index (χ0n) is 8.50. The van der Waals surface area contributed by atoms with Gasteiger partial charge in [-0.3, -0.25) is 4.79 Å². The van der Waals surface area contributed by atoms with Gasteiger partial charge in [0.25, 0.3) is 0 Å². The SMILES string of the molecule is CNC(=O)CCCOc1ccc(Cl)nc1. The van der Waals surface area contributed by atoms with Crippen molar-refractivity contribution in [2.45, 2.75) is 12.8 Å². The molecule has 1 aromatic heterocycles. The highest BCUT2D eigenvalue weighted by Crippen LogP contribution is 2.12. The van der Waals surface area contributed by atoms with Crippen molar-refractivity contribution < 1.29 is 9.53 Å². The third kappa shape index (κ3) is 4.65. The first-order valence-corrected chi connectivity index (χ1v) is 5.05. The number of halogens is 1. The quantitative estimate of drug-likeness (QED) is 0.616. The maximum atomic E-state index is 10.9.